The Morgan fingerprint density at radius 3 is 2.80 bits per heavy atom. The number of nitrogens with one attached hydrogen (secondary N) is 1. The molecule has 0 aliphatic heterocycles. The molecule has 0 saturated heterocycles. The van der Waals surface area contributed by atoms with Crippen molar-refractivity contribution in [3.8, 4) is 0 Å². The van der Waals surface area contributed by atoms with E-state index in [1.165, 1.54) is 48.4 Å². The molecule has 4 rings (SSSR count). The van der Waals surface area contributed by atoms with E-state index < -0.39 is 0 Å². The highest BCUT2D eigenvalue weighted by Gasteiger charge is 2.12. The Hall–Kier alpha value is -2.27. The molecule has 1 aromatic heterocycles. The Bertz CT molecular complexity index is 942. The van der Waals surface area contributed by atoms with E-state index in [1.54, 1.807) is 4.68 Å². The summed E-state index contributed by atoms with van der Waals surface area (Å²) in [6.07, 6.45) is 9.18. The number of benzene rings is 2. The van der Waals surface area contributed by atoms with Crippen LogP contribution in [-0.4, -0.2) is 21.1 Å². The van der Waals surface area contributed by atoms with Gasteiger partial charge in [-0.05, 0) is 47.3 Å². The van der Waals surface area contributed by atoms with E-state index in [9.17, 15) is 0 Å². The Balaban J connectivity index is 1.63. The minimum absolute atomic E-state index is 0.558. The van der Waals surface area contributed by atoms with Crippen LogP contribution in [0, 0.1) is 10.7 Å². The lowest BCUT2D eigenvalue weighted by Crippen LogP contribution is -2.09. The summed E-state index contributed by atoms with van der Waals surface area (Å²) in [4.78, 5) is 0. The molecule has 0 bridgehead atoms. The van der Waals surface area contributed by atoms with Gasteiger partial charge in [0.05, 0.1) is 0 Å². The first-order chi connectivity index (χ1) is 12.3. The number of aromatic nitrogens is 3. The summed E-state index contributed by atoms with van der Waals surface area (Å²) in [6.45, 7) is 0. The zero-order chi connectivity index (χ0) is 17.1. The van der Waals surface area contributed by atoms with Crippen molar-refractivity contribution in [1.82, 2.24) is 14.9 Å². The van der Waals surface area contributed by atoms with Crippen LogP contribution in [0.15, 0.2) is 47.6 Å². The highest BCUT2D eigenvalue weighted by Crippen LogP contribution is 2.23. The molecule has 3 aromatic rings. The van der Waals surface area contributed by atoms with Gasteiger partial charge >= 0.3 is 0 Å². The topological polar surface area (TPSA) is 46.0 Å². The van der Waals surface area contributed by atoms with E-state index in [-0.39, 0.29) is 0 Å². The fourth-order valence-corrected chi connectivity index (χ4v) is 3.82. The first-order valence-corrected chi connectivity index (χ1v) is 9.39. The van der Waals surface area contributed by atoms with Gasteiger partial charge in [0.15, 0.2) is 5.82 Å². The number of H-pyrrole nitrogens is 1. The van der Waals surface area contributed by atoms with Gasteiger partial charge in [0.1, 0.15) is 0 Å². The van der Waals surface area contributed by atoms with E-state index in [2.05, 4.69) is 64.0 Å². The molecule has 4 nitrogen and oxygen atoms in total. The molecule has 128 valence electrons. The molecule has 0 atom stereocenters. The van der Waals surface area contributed by atoms with Gasteiger partial charge < -0.3 is 0 Å². The highest BCUT2D eigenvalue weighted by atomic mass is 32.1. The maximum atomic E-state index is 5.38. The molecule has 1 aliphatic rings. The lowest BCUT2D eigenvalue weighted by molar-refractivity contribution is 0.443. The molecule has 25 heavy (non-hydrogen) atoms. The number of nitrogens with zero attached hydrogens (tertiary/aromatic N) is 3. The van der Waals surface area contributed by atoms with Crippen molar-refractivity contribution in [3.63, 3.8) is 0 Å². The maximum absolute atomic E-state index is 5.38. The van der Waals surface area contributed by atoms with E-state index in [1.807, 2.05) is 0 Å². The van der Waals surface area contributed by atoms with Crippen molar-refractivity contribution >= 4 is 29.2 Å². The molecule has 1 saturated carbocycles. The predicted octanol–water partition coefficient (Wildman–Crippen LogP) is 5.10. The average molecular weight is 350 g/mol. The van der Waals surface area contributed by atoms with Gasteiger partial charge in [0.25, 0.3) is 0 Å². The first kappa shape index (κ1) is 16.2. The summed E-state index contributed by atoms with van der Waals surface area (Å²) in [5.41, 5.74) is 1.24. The summed E-state index contributed by atoms with van der Waals surface area (Å²) in [5.74, 6) is 1.42. The van der Waals surface area contributed by atoms with E-state index >= 15 is 0 Å². The van der Waals surface area contributed by atoms with Crippen LogP contribution in [-0.2, 0) is 6.42 Å². The second kappa shape index (κ2) is 7.31. The molecule has 5 heteroatoms. The summed E-state index contributed by atoms with van der Waals surface area (Å²) >= 11 is 5.38. The quantitative estimate of drug-likeness (QED) is 0.526. The molecule has 0 radical (unpaired) electrons. The van der Waals surface area contributed by atoms with Crippen LogP contribution in [0.1, 0.15) is 43.5 Å². The maximum Gasteiger partial charge on any atom is 0.216 e. The van der Waals surface area contributed by atoms with Gasteiger partial charge in [-0.15, -0.1) is 0 Å². The van der Waals surface area contributed by atoms with Gasteiger partial charge in [-0.3, -0.25) is 5.10 Å². The molecule has 0 unspecified atom stereocenters. The van der Waals surface area contributed by atoms with Crippen molar-refractivity contribution in [2.24, 2.45) is 11.0 Å². The van der Waals surface area contributed by atoms with Crippen molar-refractivity contribution in [3.05, 3.63) is 58.6 Å². The normalized spacial score (nSPS) is 16.0. The van der Waals surface area contributed by atoms with E-state index in [0.717, 1.165) is 5.82 Å². The fourth-order valence-electron chi connectivity index (χ4n) is 3.62. The minimum Gasteiger partial charge on any atom is -0.250 e. The predicted molar refractivity (Wildman–Crippen MR) is 105 cm³/mol. The van der Waals surface area contributed by atoms with Crippen LogP contribution >= 0.6 is 12.2 Å². The van der Waals surface area contributed by atoms with Crippen LogP contribution in [0.4, 0.5) is 0 Å². The molecule has 1 aliphatic carbocycles. The third-order valence-corrected chi connectivity index (χ3v) is 5.25. The molecule has 2 aromatic carbocycles. The van der Waals surface area contributed by atoms with Gasteiger partial charge in [-0.1, -0.05) is 61.7 Å². The fraction of sp³-hybridized carbons (Fsp3) is 0.350. The third-order valence-electron chi connectivity index (χ3n) is 4.99. The number of hydrogen-bond donors (Lipinski definition) is 1. The summed E-state index contributed by atoms with van der Waals surface area (Å²) in [6, 6.07) is 14.8. The molecule has 0 spiro atoms. The molecular formula is C20H22N4S. The second-order valence-electron chi connectivity index (χ2n) is 6.73. The number of hydrogen-bond acceptors (Lipinski definition) is 3. The monoisotopic (exact) mass is 350 g/mol. The summed E-state index contributed by atoms with van der Waals surface area (Å²) in [7, 11) is 0. The lowest BCUT2D eigenvalue weighted by Gasteiger charge is -2.16. The van der Waals surface area contributed by atoms with Crippen LogP contribution in [0.25, 0.3) is 10.8 Å². The Kier molecular flexibility index (Phi) is 4.74. The smallest absolute Gasteiger partial charge is 0.216 e. The van der Waals surface area contributed by atoms with Crippen LogP contribution in [0.3, 0.4) is 0 Å². The van der Waals surface area contributed by atoms with Crippen molar-refractivity contribution in [2.45, 2.75) is 38.5 Å². The first-order valence-electron chi connectivity index (χ1n) is 8.99. The van der Waals surface area contributed by atoms with Crippen LogP contribution in [0.5, 0.6) is 0 Å². The van der Waals surface area contributed by atoms with Gasteiger partial charge in [-0.25, -0.2) is 0 Å². The molecule has 1 N–H and O–H groups in total. The summed E-state index contributed by atoms with van der Waals surface area (Å²) in [5, 5.41) is 14.5. The summed E-state index contributed by atoms with van der Waals surface area (Å²) < 4.78 is 2.34. The molecular weight excluding hydrogens is 328 g/mol. The zero-order valence-corrected chi connectivity index (χ0v) is 15.0. The average Bonchev–Trinajstić information content (AvgIpc) is 3.01. The van der Waals surface area contributed by atoms with Gasteiger partial charge in [0.2, 0.25) is 4.77 Å². The SMILES string of the molecule is S=c1[nH]nc(Cc2cccc3ccccc23)n1/N=C\C1CCCCC1. The largest absolute Gasteiger partial charge is 0.250 e. The number of rotatable bonds is 4. The van der Waals surface area contributed by atoms with Crippen molar-refractivity contribution in [2.75, 3.05) is 0 Å². The van der Waals surface area contributed by atoms with Crippen molar-refractivity contribution < 1.29 is 0 Å². The zero-order valence-electron chi connectivity index (χ0n) is 14.2. The van der Waals surface area contributed by atoms with E-state index in [0.29, 0.717) is 17.1 Å². The van der Waals surface area contributed by atoms with Crippen molar-refractivity contribution in [1.29, 1.82) is 0 Å². The minimum atomic E-state index is 0.558. The molecule has 1 heterocycles. The number of aromatic amines is 1. The van der Waals surface area contributed by atoms with Crippen LogP contribution < -0.4 is 0 Å². The second-order valence-corrected chi connectivity index (χ2v) is 7.12. The van der Waals surface area contributed by atoms with Crippen LogP contribution in [0.2, 0.25) is 0 Å². The standard InChI is InChI=1S/C20H22N4S/c25-20-23-22-19(24(20)21-14-15-7-2-1-3-8-15)13-17-11-6-10-16-9-4-5-12-18(16)17/h4-6,9-12,14-15H,1-3,7-8,13H2,(H,23,25)/b21-14-. The highest BCUT2D eigenvalue weighted by molar-refractivity contribution is 7.71. The Morgan fingerprint density at radius 1 is 1.12 bits per heavy atom. The lowest BCUT2D eigenvalue weighted by atomic mass is 9.90. The molecule has 0 amide bonds. The third kappa shape index (κ3) is 3.56. The Labute approximate surface area is 152 Å². The van der Waals surface area contributed by atoms with Gasteiger partial charge in [0, 0.05) is 12.6 Å². The molecule has 1 fully saturated rings. The van der Waals surface area contributed by atoms with Gasteiger partial charge in [-0.2, -0.15) is 14.9 Å². The Morgan fingerprint density at radius 2 is 1.92 bits per heavy atom. The van der Waals surface area contributed by atoms with E-state index in [4.69, 9.17) is 12.2 Å². The number of fused-ring (bicyclic) bond motifs is 1.